The molecule has 0 saturated heterocycles. The van der Waals surface area contributed by atoms with E-state index < -0.39 is 0 Å². The molecule has 0 aliphatic heterocycles. The van der Waals surface area contributed by atoms with Gasteiger partial charge in [-0.25, -0.2) is 4.98 Å². The van der Waals surface area contributed by atoms with Crippen LogP contribution in [0.1, 0.15) is 33.0 Å². The standard InChI is InChI=1S/C25H29N3O3S/c1-18-15-26-24(32-18)17-31-23-8-9-28(25(29)14-23)22-7-6-20-12-19(4-5-21(20)13-22)16-27(2)10-11-30-3/h4-5,8-9,12-15H,6-7,10-11,16-17H2,1-3H3. The summed E-state index contributed by atoms with van der Waals surface area (Å²) in [5.41, 5.74) is 4.74. The van der Waals surface area contributed by atoms with E-state index in [1.165, 1.54) is 16.7 Å². The molecule has 0 N–H and O–H groups in total. The zero-order valence-corrected chi connectivity index (χ0v) is 19.7. The first-order valence-corrected chi connectivity index (χ1v) is 11.6. The van der Waals surface area contributed by atoms with Gasteiger partial charge in [0.05, 0.1) is 6.61 Å². The quantitative estimate of drug-likeness (QED) is 0.488. The van der Waals surface area contributed by atoms with Gasteiger partial charge in [0.1, 0.15) is 17.4 Å². The number of allylic oxidation sites excluding steroid dienone is 1. The number of rotatable bonds is 9. The Balaban J connectivity index is 1.45. The Bertz CT molecular complexity index is 1170. The van der Waals surface area contributed by atoms with Gasteiger partial charge in [-0.05, 0) is 55.6 Å². The van der Waals surface area contributed by atoms with Crippen molar-refractivity contribution in [3.63, 3.8) is 0 Å². The highest BCUT2D eigenvalue weighted by Crippen LogP contribution is 2.27. The molecule has 32 heavy (non-hydrogen) atoms. The molecular weight excluding hydrogens is 422 g/mol. The topological polar surface area (TPSA) is 56.6 Å². The van der Waals surface area contributed by atoms with Crippen molar-refractivity contribution < 1.29 is 9.47 Å². The highest BCUT2D eigenvalue weighted by molar-refractivity contribution is 7.11. The molecule has 0 radical (unpaired) electrons. The Kier molecular flexibility index (Phi) is 7.19. The third-order valence-electron chi connectivity index (χ3n) is 5.54. The minimum Gasteiger partial charge on any atom is -0.486 e. The summed E-state index contributed by atoms with van der Waals surface area (Å²) in [4.78, 5) is 20.4. The normalized spacial score (nSPS) is 13.2. The summed E-state index contributed by atoms with van der Waals surface area (Å²) in [6.07, 6.45) is 7.51. The number of aromatic nitrogens is 2. The first kappa shape index (κ1) is 22.5. The van der Waals surface area contributed by atoms with E-state index in [9.17, 15) is 4.79 Å². The molecule has 4 rings (SSSR count). The summed E-state index contributed by atoms with van der Waals surface area (Å²) >= 11 is 1.60. The first-order chi connectivity index (χ1) is 15.5. The lowest BCUT2D eigenvalue weighted by Crippen LogP contribution is -2.22. The highest BCUT2D eigenvalue weighted by Gasteiger charge is 2.14. The maximum absolute atomic E-state index is 12.7. The zero-order chi connectivity index (χ0) is 22.5. The Morgan fingerprint density at radius 2 is 2.09 bits per heavy atom. The molecule has 0 spiro atoms. The van der Waals surface area contributed by atoms with E-state index >= 15 is 0 Å². The van der Waals surface area contributed by atoms with Crippen LogP contribution in [0.15, 0.2) is 47.5 Å². The van der Waals surface area contributed by atoms with E-state index in [4.69, 9.17) is 9.47 Å². The van der Waals surface area contributed by atoms with E-state index in [1.807, 2.05) is 19.2 Å². The molecule has 0 atom stereocenters. The molecule has 6 nitrogen and oxygen atoms in total. The number of benzene rings is 1. The molecule has 1 aromatic carbocycles. The summed E-state index contributed by atoms with van der Waals surface area (Å²) in [5, 5.41) is 0.905. The largest absolute Gasteiger partial charge is 0.486 e. The maximum Gasteiger partial charge on any atom is 0.258 e. The summed E-state index contributed by atoms with van der Waals surface area (Å²) in [6, 6.07) is 10.0. The Labute approximate surface area is 192 Å². The smallest absolute Gasteiger partial charge is 0.258 e. The molecule has 2 heterocycles. The van der Waals surface area contributed by atoms with Crippen LogP contribution in [0, 0.1) is 6.92 Å². The van der Waals surface area contributed by atoms with Crippen molar-refractivity contribution in [2.45, 2.75) is 32.9 Å². The predicted octanol–water partition coefficient (Wildman–Crippen LogP) is 4.21. The number of fused-ring (bicyclic) bond motifs is 1. The van der Waals surface area contributed by atoms with Crippen LogP contribution in [-0.4, -0.2) is 41.8 Å². The van der Waals surface area contributed by atoms with E-state index in [0.717, 1.165) is 48.1 Å². The number of aryl methyl sites for hydroxylation is 2. The number of nitrogens with zero attached hydrogens (tertiary/aromatic N) is 3. The number of hydrogen-bond acceptors (Lipinski definition) is 6. The van der Waals surface area contributed by atoms with Crippen LogP contribution in [-0.2, 0) is 24.3 Å². The van der Waals surface area contributed by atoms with Crippen molar-refractivity contribution in [2.75, 3.05) is 27.3 Å². The van der Waals surface area contributed by atoms with Crippen molar-refractivity contribution >= 4 is 23.1 Å². The van der Waals surface area contributed by atoms with Crippen molar-refractivity contribution in [1.29, 1.82) is 0 Å². The Morgan fingerprint density at radius 1 is 1.22 bits per heavy atom. The lowest BCUT2D eigenvalue weighted by atomic mass is 9.93. The molecule has 168 valence electrons. The van der Waals surface area contributed by atoms with Crippen molar-refractivity contribution in [3.8, 4) is 5.75 Å². The minimum atomic E-state index is -0.0797. The summed E-state index contributed by atoms with van der Waals surface area (Å²) in [6.45, 7) is 4.93. The molecule has 7 heteroatoms. The molecule has 1 aliphatic rings. The first-order valence-electron chi connectivity index (χ1n) is 10.8. The molecule has 0 amide bonds. The Morgan fingerprint density at radius 3 is 2.84 bits per heavy atom. The minimum absolute atomic E-state index is 0.0797. The molecule has 1 aliphatic carbocycles. The van der Waals surface area contributed by atoms with Gasteiger partial charge in [-0.3, -0.25) is 14.3 Å². The zero-order valence-electron chi connectivity index (χ0n) is 18.8. The molecule has 0 bridgehead atoms. The second-order valence-corrected chi connectivity index (χ2v) is 9.44. The summed E-state index contributed by atoms with van der Waals surface area (Å²) in [5.74, 6) is 0.568. The van der Waals surface area contributed by atoms with Crippen molar-refractivity contribution in [1.82, 2.24) is 14.5 Å². The fourth-order valence-corrected chi connectivity index (χ4v) is 4.56. The second-order valence-electron chi connectivity index (χ2n) is 8.12. The monoisotopic (exact) mass is 451 g/mol. The van der Waals surface area contributed by atoms with Crippen LogP contribution >= 0.6 is 11.3 Å². The van der Waals surface area contributed by atoms with Gasteiger partial charge in [0.15, 0.2) is 0 Å². The average molecular weight is 452 g/mol. The third-order valence-corrected chi connectivity index (χ3v) is 6.43. The van der Waals surface area contributed by atoms with E-state index in [2.05, 4.69) is 41.2 Å². The molecule has 3 aromatic rings. The van der Waals surface area contributed by atoms with Crippen molar-refractivity contribution in [3.05, 3.63) is 79.7 Å². The number of hydrogen-bond donors (Lipinski definition) is 0. The Hall–Kier alpha value is -2.74. The SMILES string of the molecule is COCCN(C)Cc1ccc2c(c1)CCC(n1ccc(OCc3ncc(C)s3)cc1=O)=C2. The summed E-state index contributed by atoms with van der Waals surface area (Å²) < 4.78 is 12.6. The van der Waals surface area contributed by atoms with E-state index in [0.29, 0.717) is 12.4 Å². The number of methoxy groups -OCH3 is 1. The lowest BCUT2D eigenvalue weighted by molar-refractivity contribution is 0.158. The molecule has 2 aromatic heterocycles. The van der Waals surface area contributed by atoms with Gasteiger partial charge < -0.3 is 9.47 Å². The third kappa shape index (κ3) is 5.54. The number of pyridine rings is 1. The number of likely N-dealkylation sites (N-methyl/N-ethyl adjacent to an activating group) is 1. The van der Waals surface area contributed by atoms with E-state index in [-0.39, 0.29) is 5.56 Å². The van der Waals surface area contributed by atoms with Crippen LogP contribution in [0.5, 0.6) is 5.75 Å². The van der Waals surface area contributed by atoms with Crippen LogP contribution in [0.25, 0.3) is 11.8 Å². The van der Waals surface area contributed by atoms with E-state index in [1.54, 1.807) is 35.3 Å². The molecule has 0 fully saturated rings. The average Bonchev–Trinajstić information content (AvgIpc) is 3.21. The molecular formula is C25H29N3O3S. The number of ether oxygens (including phenoxy) is 2. The number of thiazole rings is 1. The fourth-order valence-electron chi connectivity index (χ4n) is 3.86. The highest BCUT2D eigenvalue weighted by atomic mass is 32.1. The summed E-state index contributed by atoms with van der Waals surface area (Å²) in [7, 11) is 3.83. The fraction of sp³-hybridized carbons (Fsp3) is 0.360. The van der Waals surface area contributed by atoms with Gasteiger partial charge in [-0.15, -0.1) is 11.3 Å². The van der Waals surface area contributed by atoms with Gasteiger partial charge in [0.2, 0.25) is 0 Å². The van der Waals surface area contributed by atoms with Gasteiger partial charge >= 0.3 is 0 Å². The maximum atomic E-state index is 12.7. The van der Waals surface area contributed by atoms with Gasteiger partial charge in [-0.1, -0.05) is 18.2 Å². The molecule has 0 saturated carbocycles. The van der Waals surface area contributed by atoms with Crippen LogP contribution in [0.3, 0.4) is 0 Å². The van der Waals surface area contributed by atoms with Crippen molar-refractivity contribution in [2.24, 2.45) is 0 Å². The van der Waals surface area contributed by atoms with Crippen LogP contribution in [0.4, 0.5) is 0 Å². The van der Waals surface area contributed by atoms with Gasteiger partial charge in [0.25, 0.3) is 5.56 Å². The predicted molar refractivity (Wildman–Crippen MR) is 129 cm³/mol. The van der Waals surface area contributed by atoms with Crippen LogP contribution in [0.2, 0.25) is 0 Å². The lowest BCUT2D eigenvalue weighted by Gasteiger charge is -2.21. The molecule has 0 unspecified atom stereocenters. The van der Waals surface area contributed by atoms with Gasteiger partial charge in [-0.2, -0.15) is 0 Å². The second kappa shape index (κ2) is 10.3. The van der Waals surface area contributed by atoms with Gasteiger partial charge in [0, 0.05) is 49.2 Å². The van der Waals surface area contributed by atoms with Crippen LogP contribution < -0.4 is 10.3 Å².